The molecule has 0 saturated carbocycles. The van der Waals surface area contributed by atoms with Crippen LogP contribution < -0.4 is 10.2 Å². The van der Waals surface area contributed by atoms with Gasteiger partial charge in [-0.3, -0.25) is 4.79 Å². The molecule has 1 amide bonds. The van der Waals surface area contributed by atoms with Gasteiger partial charge in [0, 0.05) is 25.3 Å². The van der Waals surface area contributed by atoms with Gasteiger partial charge in [0.1, 0.15) is 11.5 Å². The van der Waals surface area contributed by atoms with Crippen molar-refractivity contribution in [2.45, 2.75) is 18.9 Å². The summed E-state index contributed by atoms with van der Waals surface area (Å²) >= 11 is 0. The van der Waals surface area contributed by atoms with Crippen LogP contribution in [0.5, 0.6) is 0 Å². The molecule has 0 aliphatic carbocycles. The van der Waals surface area contributed by atoms with E-state index in [9.17, 15) is 9.18 Å². The van der Waals surface area contributed by atoms with E-state index in [1.807, 2.05) is 11.0 Å². The number of rotatable bonds is 3. The molecule has 0 radical (unpaired) electrons. The van der Waals surface area contributed by atoms with Gasteiger partial charge < -0.3 is 15.2 Å². The molecule has 2 N–H and O–H groups in total. The van der Waals surface area contributed by atoms with Gasteiger partial charge in [-0.15, -0.1) is 0 Å². The van der Waals surface area contributed by atoms with Gasteiger partial charge in [0.2, 0.25) is 0 Å². The molecule has 0 unspecified atom stereocenters. The number of halogens is 1. The van der Waals surface area contributed by atoms with Crippen molar-refractivity contribution in [1.29, 1.82) is 5.26 Å². The van der Waals surface area contributed by atoms with E-state index in [1.54, 1.807) is 30.5 Å². The monoisotopic (exact) mass is 312 g/mol. The third-order valence-electron chi connectivity index (χ3n) is 4.02. The summed E-state index contributed by atoms with van der Waals surface area (Å²) in [6.45, 7) is 1.28. The van der Waals surface area contributed by atoms with Crippen LogP contribution >= 0.6 is 0 Å². The van der Waals surface area contributed by atoms with Crippen LogP contribution in [-0.4, -0.2) is 30.0 Å². The number of anilines is 1. The Hall–Kier alpha value is -2.81. The van der Waals surface area contributed by atoms with E-state index in [0.29, 0.717) is 23.5 Å². The molecule has 1 saturated heterocycles. The van der Waals surface area contributed by atoms with Gasteiger partial charge in [0.15, 0.2) is 0 Å². The zero-order valence-corrected chi connectivity index (χ0v) is 12.6. The second-order valence-corrected chi connectivity index (χ2v) is 5.62. The van der Waals surface area contributed by atoms with Crippen LogP contribution in [0.2, 0.25) is 0 Å². The summed E-state index contributed by atoms with van der Waals surface area (Å²) in [4.78, 5) is 16.9. The Kier molecular flexibility index (Phi) is 4.29. The first-order valence-corrected chi connectivity index (χ1v) is 7.56. The largest absolute Gasteiger partial charge is 0.367 e. The molecule has 23 heavy (non-hydrogen) atoms. The molecule has 0 spiro atoms. The number of nitrogens with one attached hydrogen (secondary N) is 2. The number of aromatic nitrogens is 1. The molecule has 5 nitrogen and oxygen atoms in total. The summed E-state index contributed by atoms with van der Waals surface area (Å²) in [5.41, 5.74) is 1.30. The molecule has 1 aromatic carbocycles. The summed E-state index contributed by atoms with van der Waals surface area (Å²) in [5, 5.41) is 11.8. The lowest BCUT2D eigenvalue weighted by atomic mass is 10.0. The van der Waals surface area contributed by atoms with E-state index in [2.05, 4.69) is 10.3 Å². The SMILES string of the molecule is N#Cc1ccc(N2CCC[C@@H](NC(=O)c3ccc[nH]3)C2)c(F)c1. The number of H-pyrrole nitrogens is 1. The minimum atomic E-state index is -0.402. The van der Waals surface area contributed by atoms with Crippen LogP contribution in [0.3, 0.4) is 0 Å². The average Bonchev–Trinajstić information content (AvgIpc) is 3.09. The Morgan fingerprint density at radius 2 is 2.30 bits per heavy atom. The molecular formula is C17H17FN4O. The summed E-state index contributed by atoms with van der Waals surface area (Å²) in [6, 6.07) is 9.87. The summed E-state index contributed by atoms with van der Waals surface area (Å²) < 4.78 is 14.1. The highest BCUT2D eigenvalue weighted by Gasteiger charge is 2.24. The minimum Gasteiger partial charge on any atom is -0.367 e. The quantitative estimate of drug-likeness (QED) is 0.914. The van der Waals surface area contributed by atoms with E-state index in [-0.39, 0.29) is 11.9 Å². The number of piperidine rings is 1. The maximum atomic E-state index is 14.1. The number of nitrogens with zero attached hydrogens (tertiary/aromatic N) is 2. The van der Waals surface area contributed by atoms with Gasteiger partial charge in [-0.2, -0.15) is 5.26 Å². The first-order valence-electron chi connectivity index (χ1n) is 7.56. The topological polar surface area (TPSA) is 71.9 Å². The highest BCUT2D eigenvalue weighted by molar-refractivity contribution is 5.92. The first kappa shape index (κ1) is 15.1. The average molecular weight is 312 g/mol. The van der Waals surface area contributed by atoms with E-state index >= 15 is 0 Å². The lowest BCUT2D eigenvalue weighted by molar-refractivity contribution is 0.0928. The third-order valence-corrected chi connectivity index (χ3v) is 4.02. The van der Waals surface area contributed by atoms with Gasteiger partial charge in [-0.1, -0.05) is 0 Å². The predicted octanol–water partition coefficient (Wildman–Crippen LogP) is 2.42. The normalized spacial score (nSPS) is 17.6. The van der Waals surface area contributed by atoms with Gasteiger partial charge in [-0.25, -0.2) is 4.39 Å². The van der Waals surface area contributed by atoms with Crippen LogP contribution in [0, 0.1) is 17.1 Å². The van der Waals surface area contributed by atoms with Crippen molar-refractivity contribution in [3.63, 3.8) is 0 Å². The number of aromatic amines is 1. The van der Waals surface area contributed by atoms with Crippen molar-refractivity contribution in [2.75, 3.05) is 18.0 Å². The minimum absolute atomic E-state index is 0.0328. The Morgan fingerprint density at radius 3 is 3.00 bits per heavy atom. The maximum Gasteiger partial charge on any atom is 0.267 e. The van der Waals surface area contributed by atoms with Crippen LogP contribution in [0.4, 0.5) is 10.1 Å². The molecule has 1 aliphatic heterocycles. The zero-order chi connectivity index (χ0) is 16.2. The van der Waals surface area contributed by atoms with Crippen molar-refractivity contribution < 1.29 is 9.18 Å². The molecule has 1 atom stereocenters. The number of hydrogen-bond acceptors (Lipinski definition) is 3. The van der Waals surface area contributed by atoms with Crippen LogP contribution in [0.15, 0.2) is 36.5 Å². The smallest absolute Gasteiger partial charge is 0.267 e. The number of hydrogen-bond donors (Lipinski definition) is 2. The van der Waals surface area contributed by atoms with Crippen LogP contribution in [0.1, 0.15) is 28.9 Å². The third kappa shape index (κ3) is 3.34. The number of benzene rings is 1. The first-order chi connectivity index (χ1) is 11.2. The van der Waals surface area contributed by atoms with E-state index in [1.165, 1.54) is 6.07 Å². The highest BCUT2D eigenvalue weighted by atomic mass is 19.1. The summed E-state index contributed by atoms with van der Waals surface area (Å²) in [5.74, 6) is -0.553. The van der Waals surface area contributed by atoms with Gasteiger partial charge in [-0.05, 0) is 43.2 Å². The highest BCUT2D eigenvalue weighted by Crippen LogP contribution is 2.24. The summed E-state index contributed by atoms with van der Waals surface area (Å²) in [6.07, 6.45) is 3.43. The van der Waals surface area contributed by atoms with Gasteiger partial charge >= 0.3 is 0 Å². The van der Waals surface area contributed by atoms with Crippen molar-refractivity contribution in [3.8, 4) is 6.07 Å². The lowest BCUT2D eigenvalue weighted by Gasteiger charge is -2.34. The Bertz CT molecular complexity index is 736. The lowest BCUT2D eigenvalue weighted by Crippen LogP contribution is -2.48. The fraction of sp³-hybridized carbons (Fsp3) is 0.294. The van der Waals surface area contributed by atoms with Crippen LogP contribution in [-0.2, 0) is 0 Å². The molecule has 3 rings (SSSR count). The summed E-state index contributed by atoms with van der Waals surface area (Å²) in [7, 11) is 0. The van der Waals surface area contributed by atoms with E-state index < -0.39 is 5.82 Å². The zero-order valence-electron chi connectivity index (χ0n) is 12.6. The van der Waals surface area contributed by atoms with E-state index in [4.69, 9.17) is 5.26 Å². The van der Waals surface area contributed by atoms with Crippen molar-refractivity contribution in [2.24, 2.45) is 0 Å². The number of carbonyl (C=O) groups is 1. The fourth-order valence-electron chi connectivity index (χ4n) is 2.88. The Morgan fingerprint density at radius 1 is 1.43 bits per heavy atom. The Labute approximate surface area is 133 Å². The molecule has 1 fully saturated rings. The molecule has 6 heteroatoms. The van der Waals surface area contributed by atoms with Crippen molar-refractivity contribution >= 4 is 11.6 Å². The molecule has 1 aromatic heterocycles. The maximum absolute atomic E-state index is 14.1. The Balaban J connectivity index is 1.69. The fourth-order valence-corrected chi connectivity index (χ4v) is 2.88. The number of nitriles is 1. The number of carbonyl (C=O) groups excluding carboxylic acids is 1. The molecule has 1 aliphatic rings. The van der Waals surface area contributed by atoms with Crippen molar-refractivity contribution in [1.82, 2.24) is 10.3 Å². The van der Waals surface area contributed by atoms with Gasteiger partial charge in [0.25, 0.3) is 5.91 Å². The molecule has 118 valence electrons. The molecule has 2 heterocycles. The number of amides is 1. The van der Waals surface area contributed by atoms with Crippen molar-refractivity contribution in [3.05, 3.63) is 53.6 Å². The van der Waals surface area contributed by atoms with Crippen LogP contribution in [0.25, 0.3) is 0 Å². The standard InChI is InChI=1S/C17H17FN4O/c18-14-9-12(10-19)5-6-16(14)22-8-2-3-13(11-22)21-17(23)15-4-1-7-20-15/h1,4-7,9,13,20H,2-3,8,11H2,(H,21,23)/t13-/m1/s1. The second-order valence-electron chi connectivity index (χ2n) is 5.62. The molecule has 2 aromatic rings. The molecule has 0 bridgehead atoms. The van der Waals surface area contributed by atoms with Gasteiger partial charge in [0.05, 0.1) is 17.3 Å². The van der Waals surface area contributed by atoms with E-state index in [0.717, 1.165) is 19.4 Å². The second kappa shape index (κ2) is 6.53. The molecular weight excluding hydrogens is 295 g/mol. The predicted molar refractivity (Wildman–Crippen MR) is 84.6 cm³/mol.